The van der Waals surface area contributed by atoms with Crippen molar-refractivity contribution in [3.05, 3.63) is 37.0 Å². The van der Waals surface area contributed by atoms with Crippen LogP contribution in [0.5, 0.6) is 0 Å². The van der Waals surface area contributed by atoms with Crippen LogP contribution in [0.15, 0.2) is 37.0 Å². The minimum Gasteiger partial charge on any atom is -0.327 e. The molecule has 0 heterocycles. The van der Waals surface area contributed by atoms with Gasteiger partial charge < -0.3 is 5.73 Å². The molecule has 0 spiro atoms. The minimum atomic E-state index is 0.649. The van der Waals surface area contributed by atoms with Crippen LogP contribution in [0.1, 0.15) is 19.3 Å². The van der Waals surface area contributed by atoms with Gasteiger partial charge in [0.25, 0.3) is 0 Å². The Morgan fingerprint density at radius 3 is 2.18 bits per heavy atom. The Bertz CT molecular complexity index is 134. The summed E-state index contributed by atoms with van der Waals surface area (Å²) in [5, 5.41) is 0. The van der Waals surface area contributed by atoms with Gasteiger partial charge in [0.2, 0.25) is 0 Å². The minimum absolute atomic E-state index is 0.649. The lowest BCUT2D eigenvalue weighted by Gasteiger charge is -1.85. The SMILES string of the molecule is C=CC/C=C\CC/C=C\CN. The first-order valence-electron chi connectivity index (χ1n) is 4.02. The molecule has 0 aliphatic heterocycles. The molecule has 0 saturated carbocycles. The van der Waals surface area contributed by atoms with E-state index in [1.807, 2.05) is 12.2 Å². The molecule has 1 heteroatoms. The molecule has 0 saturated heterocycles. The highest BCUT2D eigenvalue weighted by Crippen LogP contribution is 1.93. The van der Waals surface area contributed by atoms with Gasteiger partial charge in [-0.15, -0.1) is 6.58 Å². The fourth-order valence-corrected chi connectivity index (χ4v) is 0.717. The summed E-state index contributed by atoms with van der Waals surface area (Å²) >= 11 is 0. The van der Waals surface area contributed by atoms with Gasteiger partial charge in [0, 0.05) is 6.54 Å². The monoisotopic (exact) mass is 151 g/mol. The Morgan fingerprint density at radius 2 is 1.64 bits per heavy atom. The van der Waals surface area contributed by atoms with Gasteiger partial charge in [0.05, 0.1) is 0 Å². The third-order valence-electron chi connectivity index (χ3n) is 1.27. The first kappa shape index (κ1) is 10.2. The lowest BCUT2D eigenvalue weighted by Crippen LogP contribution is -1.91. The fourth-order valence-electron chi connectivity index (χ4n) is 0.717. The fraction of sp³-hybridized carbons (Fsp3) is 0.400. The van der Waals surface area contributed by atoms with Gasteiger partial charge in [-0.1, -0.05) is 30.4 Å². The van der Waals surface area contributed by atoms with Crippen molar-refractivity contribution < 1.29 is 0 Å². The second-order valence-electron chi connectivity index (χ2n) is 2.28. The van der Waals surface area contributed by atoms with Gasteiger partial charge >= 0.3 is 0 Å². The number of unbranched alkanes of at least 4 members (excludes halogenated alkanes) is 1. The number of nitrogens with two attached hydrogens (primary N) is 1. The number of hydrogen-bond donors (Lipinski definition) is 1. The van der Waals surface area contributed by atoms with E-state index in [1.54, 1.807) is 0 Å². The van der Waals surface area contributed by atoms with Crippen molar-refractivity contribution in [3.63, 3.8) is 0 Å². The first-order valence-corrected chi connectivity index (χ1v) is 4.02. The maximum atomic E-state index is 5.27. The number of hydrogen-bond acceptors (Lipinski definition) is 1. The smallest absolute Gasteiger partial charge is 0.0106 e. The molecule has 2 N–H and O–H groups in total. The van der Waals surface area contributed by atoms with Crippen LogP contribution in [0, 0.1) is 0 Å². The van der Waals surface area contributed by atoms with Gasteiger partial charge in [-0.05, 0) is 19.3 Å². The van der Waals surface area contributed by atoms with Gasteiger partial charge in [0.15, 0.2) is 0 Å². The van der Waals surface area contributed by atoms with E-state index in [9.17, 15) is 0 Å². The second-order valence-corrected chi connectivity index (χ2v) is 2.28. The second kappa shape index (κ2) is 9.18. The molecule has 62 valence electrons. The molecule has 0 rings (SSSR count). The number of rotatable bonds is 6. The van der Waals surface area contributed by atoms with Gasteiger partial charge in [-0.25, -0.2) is 0 Å². The average molecular weight is 151 g/mol. The van der Waals surface area contributed by atoms with Crippen LogP contribution in [-0.4, -0.2) is 6.54 Å². The predicted molar refractivity (Wildman–Crippen MR) is 51.4 cm³/mol. The Labute approximate surface area is 69.3 Å². The Morgan fingerprint density at radius 1 is 1.00 bits per heavy atom. The molecule has 0 fully saturated rings. The molecule has 0 aliphatic carbocycles. The molecular weight excluding hydrogens is 134 g/mol. The molecule has 0 aromatic rings. The maximum Gasteiger partial charge on any atom is 0.0106 e. The summed E-state index contributed by atoms with van der Waals surface area (Å²) in [6.45, 7) is 4.28. The Hall–Kier alpha value is -0.820. The highest BCUT2D eigenvalue weighted by atomic mass is 14.5. The molecule has 11 heavy (non-hydrogen) atoms. The topological polar surface area (TPSA) is 26.0 Å². The third-order valence-corrected chi connectivity index (χ3v) is 1.27. The van der Waals surface area contributed by atoms with Crippen molar-refractivity contribution in [2.24, 2.45) is 5.73 Å². The zero-order valence-corrected chi connectivity index (χ0v) is 7.00. The van der Waals surface area contributed by atoms with E-state index in [0.29, 0.717) is 6.54 Å². The predicted octanol–water partition coefficient (Wildman–Crippen LogP) is 2.41. The summed E-state index contributed by atoms with van der Waals surface area (Å²) in [6.07, 6.45) is 13.5. The average Bonchev–Trinajstić information content (AvgIpc) is 2.03. The van der Waals surface area contributed by atoms with Crippen molar-refractivity contribution in [2.75, 3.05) is 6.54 Å². The van der Waals surface area contributed by atoms with Crippen LogP contribution < -0.4 is 5.73 Å². The molecule has 0 bridgehead atoms. The van der Waals surface area contributed by atoms with Crippen LogP contribution in [0.4, 0.5) is 0 Å². The van der Waals surface area contributed by atoms with E-state index in [2.05, 4.69) is 24.8 Å². The highest BCUT2D eigenvalue weighted by Gasteiger charge is 1.74. The largest absolute Gasteiger partial charge is 0.327 e. The van der Waals surface area contributed by atoms with Crippen molar-refractivity contribution in [1.29, 1.82) is 0 Å². The lowest BCUT2D eigenvalue weighted by molar-refractivity contribution is 1.03. The van der Waals surface area contributed by atoms with E-state index in [1.165, 1.54) is 0 Å². The van der Waals surface area contributed by atoms with E-state index in [4.69, 9.17) is 5.73 Å². The summed E-state index contributed by atoms with van der Waals surface area (Å²) < 4.78 is 0. The van der Waals surface area contributed by atoms with Crippen LogP contribution in [-0.2, 0) is 0 Å². The molecule has 0 radical (unpaired) electrons. The zero-order chi connectivity index (χ0) is 8.36. The quantitative estimate of drug-likeness (QED) is 0.458. The molecule has 0 aliphatic rings. The van der Waals surface area contributed by atoms with Crippen LogP contribution in [0.25, 0.3) is 0 Å². The van der Waals surface area contributed by atoms with E-state index < -0.39 is 0 Å². The number of allylic oxidation sites excluding steroid dienone is 4. The van der Waals surface area contributed by atoms with Gasteiger partial charge in [0.1, 0.15) is 0 Å². The summed E-state index contributed by atoms with van der Waals surface area (Å²) in [7, 11) is 0. The molecule has 0 atom stereocenters. The van der Waals surface area contributed by atoms with Crippen molar-refractivity contribution in [1.82, 2.24) is 0 Å². The summed E-state index contributed by atoms with van der Waals surface area (Å²) in [5.41, 5.74) is 5.27. The molecular formula is C10H17N. The van der Waals surface area contributed by atoms with Crippen molar-refractivity contribution >= 4 is 0 Å². The van der Waals surface area contributed by atoms with E-state index >= 15 is 0 Å². The van der Waals surface area contributed by atoms with Gasteiger partial charge in [-0.2, -0.15) is 0 Å². The molecule has 0 amide bonds. The highest BCUT2D eigenvalue weighted by molar-refractivity contribution is 4.91. The molecule has 0 aromatic carbocycles. The molecule has 0 unspecified atom stereocenters. The Kier molecular flexibility index (Phi) is 8.50. The maximum absolute atomic E-state index is 5.27. The zero-order valence-electron chi connectivity index (χ0n) is 7.00. The molecule has 0 aromatic heterocycles. The molecule has 1 nitrogen and oxygen atoms in total. The van der Waals surface area contributed by atoms with Crippen molar-refractivity contribution in [3.8, 4) is 0 Å². The summed E-state index contributed by atoms with van der Waals surface area (Å²) in [5.74, 6) is 0. The lowest BCUT2D eigenvalue weighted by atomic mass is 10.2. The van der Waals surface area contributed by atoms with E-state index in [0.717, 1.165) is 19.3 Å². The van der Waals surface area contributed by atoms with Crippen LogP contribution >= 0.6 is 0 Å². The van der Waals surface area contributed by atoms with Crippen molar-refractivity contribution in [2.45, 2.75) is 19.3 Å². The third kappa shape index (κ3) is 9.18. The normalized spacial score (nSPS) is 11.4. The van der Waals surface area contributed by atoms with E-state index in [-0.39, 0.29) is 0 Å². The Balaban J connectivity index is 3.12. The van der Waals surface area contributed by atoms with Gasteiger partial charge in [-0.3, -0.25) is 0 Å². The first-order chi connectivity index (χ1) is 5.41. The van der Waals surface area contributed by atoms with Crippen LogP contribution in [0.3, 0.4) is 0 Å². The summed E-state index contributed by atoms with van der Waals surface area (Å²) in [6, 6.07) is 0. The standard InChI is InChI=1S/C10H17N/c1-2-3-4-5-6-7-8-9-10-11/h2,4-5,8-9H,1,3,6-7,10-11H2/b5-4-,9-8-. The summed E-state index contributed by atoms with van der Waals surface area (Å²) in [4.78, 5) is 0. The van der Waals surface area contributed by atoms with Crippen LogP contribution in [0.2, 0.25) is 0 Å².